The Balaban J connectivity index is 1.44. The third-order valence-corrected chi connectivity index (χ3v) is 9.29. The first-order valence-corrected chi connectivity index (χ1v) is 17.3. The molecule has 8 heteroatoms. The molecule has 1 aliphatic heterocycles. The largest absolute Gasteiger partial charge is 0.491 e. The maximum absolute atomic E-state index is 13.8. The van der Waals surface area contributed by atoms with Gasteiger partial charge in [-0.2, -0.15) is 0 Å². The van der Waals surface area contributed by atoms with E-state index in [1.807, 2.05) is 51.1 Å². The number of carbonyl (C=O) groups excluding carboxylic acids is 1. The molecule has 3 atom stereocenters. The standard InChI is InChI=1S/C32H42ClNO5Si/c1-17-13-20-23(15-22(17)33)34-28-25(20)26(35)19-12-11-18(14-21(19)31(28,5)6)36-16-24-27(38-32(7,8)37-24)29(30(2,3)4)39-40(9)10/h11-15,24,27,29,34,40H,16H2,1-10H3/t24-,27-,29?/m1/s1. The molecule has 1 N–H and O–H groups in total. The average molecular weight is 584 g/mol. The van der Waals surface area contributed by atoms with Gasteiger partial charge in [0.05, 0.1) is 11.7 Å². The molecule has 1 aromatic heterocycles. The summed E-state index contributed by atoms with van der Waals surface area (Å²) in [4.78, 5) is 17.3. The van der Waals surface area contributed by atoms with E-state index in [0.717, 1.165) is 33.3 Å². The smallest absolute Gasteiger partial charge is 0.195 e. The number of hydrogen-bond acceptors (Lipinski definition) is 5. The number of H-pyrrole nitrogens is 1. The molecule has 40 heavy (non-hydrogen) atoms. The number of aromatic nitrogens is 1. The predicted octanol–water partition coefficient (Wildman–Crippen LogP) is 7.31. The first kappa shape index (κ1) is 29.3. The SMILES string of the molecule is Cc1cc2c3c([nH]c2cc1Cl)C(C)(C)c1cc(OC[C@H]2OC(C)(C)O[C@H]2C(O[SiH](C)C)C(C)(C)C)ccc1C3=O. The molecular formula is C32H42ClNO5Si. The van der Waals surface area contributed by atoms with Crippen molar-refractivity contribution in [1.82, 2.24) is 4.98 Å². The van der Waals surface area contributed by atoms with Crippen molar-refractivity contribution < 1.29 is 23.4 Å². The van der Waals surface area contributed by atoms with Crippen molar-refractivity contribution in [2.24, 2.45) is 5.41 Å². The fraction of sp³-hybridized carbons (Fsp3) is 0.531. The van der Waals surface area contributed by atoms with Crippen LogP contribution in [0.1, 0.15) is 81.2 Å². The Labute approximate surface area is 244 Å². The lowest BCUT2D eigenvalue weighted by Gasteiger charge is -2.38. The number of fused-ring (bicyclic) bond motifs is 4. The van der Waals surface area contributed by atoms with Crippen LogP contribution >= 0.6 is 11.6 Å². The van der Waals surface area contributed by atoms with Crippen molar-refractivity contribution in [2.75, 3.05) is 6.61 Å². The number of aromatic amines is 1. The van der Waals surface area contributed by atoms with E-state index >= 15 is 0 Å². The van der Waals surface area contributed by atoms with Gasteiger partial charge in [0.2, 0.25) is 0 Å². The summed E-state index contributed by atoms with van der Waals surface area (Å²) in [7, 11) is -1.33. The molecule has 2 aromatic carbocycles. The van der Waals surface area contributed by atoms with E-state index in [1.165, 1.54) is 0 Å². The van der Waals surface area contributed by atoms with Crippen LogP contribution in [-0.4, -0.2) is 50.5 Å². The van der Waals surface area contributed by atoms with Crippen molar-refractivity contribution in [2.45, 2.75) is 98.0 Å². The summed E-state index contributed by atoms with van der Waals surface area (Å²) in [6, 6.07) is 9.67. The van der Waals surface area contributed by atoms with Crippen LogP contribution in [0.25, 0.3) is 10.9 Å². The molecule has 1 aliphatic carbocycles. The molecule has 6 nitrogen and oxygen atoms in total. The highest BCUT2D eigenvalue weighted by Gasteiger charge is 2.49. The van der Waals surface area contributed by atoms with E-state index in [-0.39, 0.29) is 29.5 Å². The number of rotatable bonds is 6. The van der Waals surface area contributed by atoms with Crippen LogP contribution in [0.15, 0.2) is 30.3 Å². The second kappa shape index (κ2) is 9.98. The summed E-state index contributed by atoms with van der Waals surface area (Å²) in [6.07, 6.45) is -0.678. The zero-order chi connectivity index (χ0) is 29.4. The second-order valence-corrected chi connectivity index (χ2v) is 16.4. The van der Waals surface area contributed by atoms with Crippen LogP contribution in [0.2, 0.25) is 18.1 Å². The molecule has 2 aliphatic rings. The number of halogens is 1. The van der Waals surface area contributed by atoms with Crippen molar-refractivity contribution >= 4 is 37.3 Å². The van der Waals surface area contributed by atoms with Crippen LogP contribution in [0, 0.1) is 12.3 Å². The quantitative estimate of drug-likeness (QED) is 0.308. The van der Waals surface area contributed by atoms with E-state index in [4.69, 9.17) is 30.2 Å². The molecule has 5 rings (SSSR count). The van der Waals surface area contributed by atoms with E-state index in [0.29, 0.717) is 22.9 Å². The van der Waals surface area contributed by atoms with Crippen molar-refractivity contribution in [1.29, 1.82) is 0 Å². The Morgan fingerprint density at radius 2 is 1.80 bits per heavy atom. The van der Waals surface area contributed by atoms with Gasteiger partial charge in [-0.05, 0) is 80.7 Å². The molecule has 1 fully saturated rings. The number of ether oxygens (including phenoxy) is 3. The fourth-order valence-electron chi connectivity index (χ4n) is 6.12. The molecule has 2 heterocycles. The summed E-state index contributed by atoms with van der Waals surface area (Å²) in [5.74, 6) is -0.0282. The maximum atomic E-state index is 13.8. The molecule has 3 aromatic rings. The minimum absolute atomic E-state index is 0.0150. The summed E-state index contributed by atoms with van der Waals surface area (Å²) < 4.78 is 25.6. The topological polar surface area (TPSA) is 69.8 Å². The second-order valence-electron chi connectivity index (χ2n) is 13.6. The number of ketones is 1. The van der Waals surface area contributed by atoms with Gasteiger partial charge in [-0.1, -0.05) is 46.2 Å². The molecule has 0 spiro atoms. The monoisotopic (exact) mass is 583 g/mol. The van der Waals surface area contributed by atoms with Crippen molar-refractivity contribution in [3.05, 3.63) is 63.3 Å². The predicted molar refractivity (Wildman–Crippen MR) is 163 cm³/mol. The summed E-state index contributed by atoms with van der Waals surface area (Å²) in [6.45, 7) is 21.3. The number of benzene rings is 2. The van der Waals surface area contributed by atoms with Gasteiger partial charge in [-0.3, -0.25) is 4.79 Å². The molecule has 1 unspecified atom stereocenters. The fourth-order valence-corrected chi connectivity index (χ4v) is 7.43. The number of nitrogens with one attached hydrogen (secondary N) is 1. The third kappa shape index (κ3) is 5.16. The lowest BCUT2D eigenvalue weighted by atomic mass is 9.71. The van der Waals surface area contributed by atoms with E-state index in [1.54, 1.807) is 0 Å². The zero-order valence-corrected chi connectivity index (χ0v) is 27.2. The highest BCUT2D eigenvalue weighted by molar-refractivity contribution is 6.48. The lowest BCUT2D eigenvalue weighted by Crippen LogP contribution is -2.48. The van der Waals surface area contributed by atoms with Gasteiger partial charge in [0.25, 0.3) is 0 Å². The van der Waals surface area contributed by atoms with Gasteiger partial charge in [-0.15, -0.1) is 0 Å². The summed E-state index contributed by atoms with van der Waals surface area (Å²) in [5.41, 5.74) is 4.51. The first-order chi connectivity index (χ1) is 18.5. The minimum Gasteiger partial charge on any atom is -0.491 e. The van der Waals surface area contributed by atoms with Crippen LogP contribution in [0.4, 0.5) is 0 Å². The first-order valence-electron chi connectivity index (χ1n) is 14.1. The molecule has 0 bridgehead atoms. The Kier molecular flexibility index (Phi) is 7.32. The minimum atomic E-state index is -1.33. The Bertz CT molecular complexity index is 1470. The lowest BCUT2D eigenvalue weighted by molar-refractivity contribution is -0.160. The van der Waals surface area contributed by atoms with Crippen LogP contribution in [0.5, 0.6) is 5.75 Å². The number of hydrogen-bond donors (Lipinski definition) is 1. The van der Waals surface area contributed by atoms with Crippen molar-refractivity contribution in [3.8, 4) is 5.75 Å². The molecule has 0 radical (unpaired) electrons. The van der Waals surface area contributed by atoms with Gasteiger partial charge in [0, 0.05) is 32.6 Å². The summed E-state index contributed by atoms with van der Waals surface area (Å²) >= 11 is 6.41. The van der Waals surface area contributed by atoms with Crippen LogP contribution in [-0.2, 0) is 19.3 Å². The van der Waals surface area contributed by atoms with Gasteiger partial charge in [0.15, 0.2) is 20.6 Å². The average Bonchev–Trinajstić information content (AvgIpc) is 3.36. The zero-order valence-electron chi connectivity index (χ0n) is 25.3. The number of carbonyl (C=O) groups is 1. The maximum Gasteiger partial charge on any atom is 0.195 e. The molecule has 1 saturated heterocycles. The van der Waals surface area contributed by atoms with E-state index in [2.05, 4.69) is 52.7 Å². The van der Waals surface area contributed by atoms with Gasteiger partial charge >= 0.3 is 0 Å². The van der Waals surface area contributed by atoms with Gasteiger partial charge < -0.3 is 23.6 Å². The summed E-state index contributed by atoms with van der Waals surface area (Å²) in [5, 5.41) is 1.59. The van der Waals surface area contributed by atoms with Crippen LogP contribution < -0.4 is 4.74 Å². The highest BCUT2D eigenvalue weighted by atomic mass is 35.5. The normalized spacial score (nSPS) is 22.4. The van der Waals surface area contributed by atoms with E-state index < -0.39 is 20.2 Å². The van der Waals surface area contributed by atoms with Crippen molar-refractivity contribution in [3.63, 3.8) is 0 Å². The Morgan fingerprint density at radius 1 is 1.10 bits per heavy atom. The molecule has 216 valence electrons. The number of aryl methyl sites for hydroxylation is 1. The molecule has 0 amide bonds. The Morgan fingerprint density at radius 3 is 2.45 bits per heavy atom. The Hall–Kier alpha value is -2.16. The molecule has 0 saturated carbocycles. The molecular weight excluding hydrogens is 542 g/mol. The van der Waals surface area contributed by atoms with Gasteiger partial charge in [-0.25, -0.2) is 0 Å². The highest BCUT2D eigenvalue weighted by Crippen LogP contribution is 2.45. The third-order valence-electron chi connectivity index (χ3n) is 8.05. The van der Waals surface area contributed by atoms with Gasteiger partial charge in [0.1, 0.15) is 24.6 Å². The van der Waals surface area contributed by atoms with E-state index in [9.17, 15) is 4.79 Å². The van der Waals surface area contributed by atoms with Crippen LogP contribution in [0.3, 0.4) is 0 Å².